The lowest BCUT2D eigenvalue weighted by Gasteiger charge is -2.41. The molecule has 0 saturated carbocycles. The van der Waals surface area contributed by atoms with E-state index in [1.165, 1.54) is 9.75 Å². The molecule has 1 aliphatic rings. The fourth-order valence-corrected chi connectivity index (χ4v) is 6.23. The van der Waals surface area contributed by atoms with E-state index in [1.54, 1.807) is 11.3 Å². The van der Waals surface area contributed by atoms with Crippen LogP contribution in [0.2, 0.25) is 0 Å². The number of rotatable bonds is 9. The van der Waals surface area contributed by atoms with Gasteiger partial charge >= 0.3 is 5.97 Å². The molecular weight excluding hydrogens is 520 g/mol. The van der Waals surface area contributed by atoms with Crippen molar-refractivity contribution in [1.29, 1.82) is 0 Å². The number of piperidine rings is 1. The first-order valence-corrected chi connectivity index (χ1v) is 15.0. The standard InChI is InChI=1S/C33H44N2O4S/c1-21-9-14-26(40-21)15-20-38-25-12-10-24(11-13-25)27-22(2)34-23(3)28(30(31(36)37)39-32(4,5)6)29(27)35-18-16-33(7,8)17-19-35/h9-14,30H,15-20H2,1-8H3,(H,36,37)/t30-/m0/s1. The van der Waals surface area contributed by atoms with Gasteiger partial charge in [0.05, 0.1) is 17.9 Å². The monoisotopic (exact) mass is 564 g/mol. The van der Waals surface area contributed by atoms with Crippen LogP contribution in [-0.2, 0) is 16.0 Å². The maximum Gasteiger partial charge on any atom is 0.337 e. The van der Waals surface area contributed by atoms with E-state index in [-0.39, 0.29) is 5.41 Å². The topological polar surface area (TPSA) is 71.9 Å². The zero-order valence-electron chi connectivity index (χ0n) is 25.3. The number of pyridine rings is 1. The van der Waals surface area contributed by atoms with Gasteiger partial charge in [-0.1, -0.05) is 26.0 Å². The minimum absolute atomic E-state index is 0.253. The number of aromatic nitrogens is 1. The predicted molar refractivity (Wildman–Crippen MR) is 164 cm³/mol. The number of carboxylic acids is 1. The molecule has 0 radical (unpaired) electrons. The first-order valence-electron chi connectivity index (χ1n) is 14.2. The van der Waals surface area contributed by atoms with Crippen molar-refractivity contribution in [2.45, 2.75) is 86.4 Å². The van der Waals surface area contributed by atoms with Crippen molar-refractivity contribution < 1.29 is 19.4 Å². The molecule has 2 aromatic heterocycles. The Bertz CT molecular complexity index is 1330. The van der Waals surface area contributed by atoms with Gasteiger partial charge in [-0.25, -0.2) is 4.79 Å². The summed E-state index contributed by atoms with van der Waals surface area (Å²) in [6.07, 6.45) is 1.81. The van der Waals surface area contributed by atoms with E-state index in [1.807, 2.05) is 46.8 Å². The zero-order chi connectivity index (χ0) is 29.2. The molecule has 1 fully saturated rings. The number of hydrogen-bond donors (Lipinski definition) is 1. The highest BCUT2D eigenvalue weighted by atomic mass is 32.1. The van der Waals surface area contributed by atoms with Gasteiger partial charge in [0, 0.05) is 51.8 Å². The predicted octanol–water partition coefficient (Wildman–Crippen LogP) is 7.92. The van der Waals surface area contributed by atoms with Crippen molar-refractivity contribution in [2.24, 2.45) is 5.41 Å². The number of carbonyl (C=O) groups is 1. The molecule has 1 N–H and O–H groups in total. The van der Waals surface area contributed by atoms with Gasteiger partial charge in [0.1, 0.15) is 5.75 Å². The molecule has 3 heterocycles. The molecule has 6 nitrogen and oxygen atoms in total. The van der Waals surface area contributed by atoms with Crippen LogP contribution in [-0.4, -0.2) is 41.4 Å². The Balaban J connectivity index is 1.73. The third-order valence-corrected chi connectivity index (χ3v) is 8.59. The van der Waals surface area contributed by atoms with E-state index in [2.05, 4.69) is 49.9 Å². The van der Waals surface area contributed by atoms with Crippen LogP contribution in [0.4, 0.5) is 5.69 Å². The van der Waals surface area contributed by atoms with Crippen LogP contribution < -0.4 is 9.64 Å². The maximum atomic E-state index is 12.7. The first-order chi connectivity index (χ1) is 18.7. The average Bonchev–Trinajstić information content (AvgIpc) is 3.27. The Hall–Kier alpha value is -2.90. The fraction of sp³-hybridized carbons (Fsp3) is 0.515. The van der Waals surface area contributed by atoms with E-state index in [4.69, 9.17) is 14.5 Å². The summed E-state index contributed by atoms with van der Waals surface area (Å²) in [5.41, 5.74) is 4.72. The maximum absolute atomic E-state index is 12.7. The molecule has 0 spiro atoms. The molecule has 0 bridgehead atoms. The average molecular weight is 565 g/mol. The van der Waals surface area contributed by atoms with Crippen molar-refractivity contribution in [3.63, 3.8) is 0 Å². The molecule has 216 valence electrons. The van der Waals surface area contributed by atoms with Crippen LogP contribution in [0.1, 0.15) is 80.3 Å². The Labute approximate surface area is 243 Å². The van der Waals surface area contributed by atoms with Crippen LogP contribution in [0.3, 0.4) is 0 Å². The van der Waals surface area contributed by atoms with Crippen molar-refractivity contribution in [1.82, 2.24) is 4.98 Å². The minimum atomic E-state index is -1.12. The number of ether oxygens (including phenoxy) is 2. The van der Waals surface area contributed by atoms with E-state index >= 15 is 0 Å². The molecule has 3 aromatic rings. The highest BCUT2D eigenvalue weighted by Gasteiger charge is 2.36. The van der Waals surface area contributed by atoms with Gasteiger partial charge in [-0.2, -0.15) is 0 Å². The van der Waals surface area contributed by atoms with Gasteiger partial charge in [-0.3, -0.25) is 4.98 Å². The molecule has 1 atom stereocenters. The second kappa shape index (κ2) is 11.9. The number of aryl methyl sites for hydroxylation is 3. The van der Waals surface area contributed by atoms with Crippen molar-refractivity contribution in [3.8, 4) is 16.9 Å². The largest absolute Gasteiger partial charge is 0.493 e. The summed E-state index contributed by atoms with van der Waals surface area (Å²) in [6, 6.07) is 12.4. The van der Waals surface area contributed by atoms with E-state index < -0.39 is 17.7 Å². The Morgan fingerprint density at radius 1 is 1.05 bits per heavy atom. The van der Waals surface area contributed by atoms with Gasteiger partial charge < -0.3 is 19.5 Å². The number of thiophene rings is 1. The van der Waals surface area contributed by atoms with Crippen molar-refractivity contribution >= 4 is 23.0 Å². The molecule has 40 heavy (non-hydrogen) atoms. The fourth-order valence-electron chi connectivity index (χ4n) is 5.36. The quantitative estimate of drug-likeness (QED) is 0.285. The number of nitrogens with zero attached hydrogens (tertiary/aromatic N) is 2. The molecule has 0 aliphatic carbocycles. The van der Waals surface area contributed by atoms with Gasteiger partial charge in [-0.15, -0.1) is 11.3 Å². The third kappa shape index (κ3) is 7.24. The van der Waals surface area contributed by atoms with Gasteiger partial charge in [0.25, 0.3) is 0 Å². The molecule has 7 heteroatoms. The second-order valence-corrected chi connectivity index (χ2v) is 14.0. The lowest BCUT2D eigenvalue weighted by atomic mass is 9.82. The third-order valence-electron chi connectivity index (χ3n) is 7.53. The van der Waals surface area contributed by atoms with E-state index in [0.29, 0.717) is 17.9 Å². The highest BCUT2D eigenvalue weighted by molar-refractivity contribution is 7.11. The minimum Gasteiger partial charge on any atom is -0.493 e. The second-order valence-electron chi connectivity index (χ2n) is 12.7. The van der Waals surface area contributed by atoms with Gasteiger partial charge in [-0.05, 0) is 89.6 Å². The Morgan fingerprint density at radius 3 is 2.25 bits per heavy atom. The number of benzene rings is 1. The van der Waals surface area contributed by atoms with Crippen molar-refractivity contribution in [3.05, 3.63) is 63.1 Å². The summed E-state index contributed by atoms with van der Waals surface area (Å²) < 4.78 is 12.2. The summed E-state index contributed by atoms with van der Waals surface area (Å²) in [5.74, 6) is -0.186. The van der Waals surface area contributed by atoms with Crippen LogP contribution in [0.25, 0.3) is 11.1 Å². The Morgan fingerprint density at radius 2 is 1.70 bits per heavy atom. The van der Waals surface area contributed by atoms with Crippen LogP contribution in [0.15, 0.2) is 36.4 Å². The number of anilines is 1. The summed E-state index contributed by atoms with van der Waals surface area (Å²) >= 11 is 1.81. The smallest absolute Gasteiger partial charge is 0.337 e. The summed E-state index contributed by atoms with van der Waals surface area (Å²) in [7, 11) is 0. The van der Waals surface area contributed by atoms with Crippen molar-refractivity contribution in [2.75, 3.05) is 24.6 Å². The number of carboxylic acid groups (broad SMARTS) is 1. The summed E-state index contributed by atoms with van der Waals surface area (Å²) in [4.78, 5) is 22.5. The summed E-state index contributed by atoms with van der Waals surface area (Å²) in [5, 5.41) is 10.4. The Kier molecular flexibility index (Phi) is 8.96. The van der Waals surface area contributed by atoms with Gasteiger partial charge in [0.15, 0.2) is 6.10 Å². The lowest BCUT2D eigenvalue weighted by molar-refractivity contribution is -0.160. The van der Waals surface area contributed by atoms with Gasteiger partial charge in [0.2, 0.25) is 0 Å². The first kappa shape index (κ1) is 30.1. The van der Waals surface area contributed by atoms with E-state index in [9.17, 15) is 9.90 Å². The normalized spacial score (nSPS) is 16.1. The molecule has 4 rings (SSSR count). The zero-order valence-corrected chi connectivity index (χ0v) is 26.1. The number of aliphatic carboxylic acids is 1. The molecular formula is C33H44N2O4S. The van der Waals surface area contributed by atoms with E-state index in [0.717, 1.165) is 60.6 Å². The van der Waals surface area contributed by atoms with Crippen LogP contribution in [0, 0.1) is 26.2 Å². The molecule has 1 saturated heterocycles. The molecule has 0 amide bonds. The SMILES string of the molecule is Cc1ccc(CCOc2ccc(-c3c(C)nc(C)c([C@H](OC(C)(C)C)C(=O)O)c3N3CCC(C)(C)CC3)cc2)s1. The molecule has 1 aromatic carbocycles. The summed E-state index contributed by atoms with van der Waals surface area (Å²) in [6.45, 7) is 18.6. The number of hydrogen-bond acceptors (Lipinski definition) is 6. The molecule has 1 aliphatic heterocycles. The van der Waals surface area contributed by atoms with Crippen LogP contribution in [0.5, 0.6) is 5.75 Å². The molecule has 0 unspecified atom stereocenters. The highest BCUT2D eigenvalue weighted by Crippen LogP contribution is 2.45. The van der Waals surface area contributed by atoms with Crippen LogP contribution >= 0.6 is 11.3 Å². The lowest BCUT2D eigenvalue weighted by Crippen LogP contribution is -2.39.